The number of aryl methyl sites for hydroxylation is 1. The number of β-amino-alcohol motifs (C(OH)–C–C–N with tert-alkyl or cyclic N) is 1. The van der Waals surface area contributed by atoms with E-state index in [2.05, 4.69) is 15.5 Å². The third kappa shape index (κ3) is 4.43. The number of nitrogens with zero attached hydrogens (tertiary/aromatic N) is 2. The number of aliphatic hydroxyl groups excluding tert-OH is 1. The molecule has 3 rings (SSSR count). The zero-order valence-corrected chi connectivity index (χ0v) is 14.2. The molecule has 1 aromatic heterocycles. The summed E-state index contributed by atoms with van der Waals surface area (Å²) in [6, 6.07) is 7.96. The number of likely N-dealkylation sites (N-methyl/N-ethyl adjacent to an activating group) is 1. The van der Waals surface area contributed by atoms with E-state index in [4.69, 9.17) is 0 Å². The van der Waals surface area contributed by atoms with Gasteiger partial charge in [0.15, 0.2) is 0 Å². The van der Waals surface area contributed by atoms with Crippen LogP contribution in [-0.2, 0) is 11.2 Å². The molecule has 1 fully saturated rings. The number of H-pyrrole nitrogens is 1. The molecule has 1 aliphatic heterocycles. The highest BCUT2D eigenvalue weighted by atomic mass is 19.1. The number of nitrogens with one attached hydrogen (secondary N) is 2. The predicted molar refractivity (Wildman–Crippen MR) is 92.4 cm³/mol. The molecule has 2 aromatic rings. The number of halogens is 1. The molecule has 3 N–H and O–H groups in total. The summed E-state index contributed by atoms with van der Waals surface area (Å²) in [6.45, 7) is 1.10. The predicted octanol–water partition coefficient (Wildman–Crippen LogP) is 1.33. The lowest BCUT2D eigenvalue weighted by Crippen LogP contribution is -2.42. The number of aromatic amines is 1. The van der Waals surface area contributed by atoms with Crippen LogP contribution in [0.1, 0.15) is 18.5 Å². The van der Waals surface area contributed by atoms with Crippen molar-refractivity contribution in [3.8, 4) is 11.3 Å². The molecule has 25 heavy (non-hydrogen) atoms. The summed E-state index contributed by atoms with van der Waals surface area (Å²) in [6.07, 6.45) is 1.58. The quantitative estimate of drug-likeness (QED) is 0.737. The van der Waals surface area contributed by atoms with Gasteiger partial charge in [0.05, 0.1) is 17.8 Å². The van der Waals surface area contributed by atoms with E-state index in [1.54, 1.807) is 18.0 Å². The number of hydrogen-bond acceptors (Lipinski definition) is 4. The summed E-state index contributed by atoms with van der Waals surface area (Å²) in [4.78, 5) is 13.9. The molecule has 2 atom stereocenters. The molecular formula is C18H23FN4O2. The number of carbonyl (C=O) groups excluding carboxylic acids is 1. The molecule has 7 heteroatoms. The van der Waals surface area contributed by atoms with Gasteiger partial charge in [-0.15, -0.1) is 0 Å². The number of rotatable bonds is 6. The number of benzene rings is 1. The van der Waals surface area contributed by atoms with Crippen LogP contribution in [0.25, 0.3) is 11.3 Å². The lowest BCUT2D eigenvalue weighted by Gasteiger charge is -2.20. The van der Waals surface area contributed by atoms with Crippen LogP contribution in [0.5, 0.6) is 0 Å². The second-order valence-electron chi connectivity index (χ2n) is 6.50. The monoisotopic (exact) mass is 346 g/mol. The molecule has 0 saturated carbocycles. The third-order valence-electron chi connectivity index (χ3n) is 4.47. The van der Waals surface area contributed by atoms with Crippen LogP contribution < -0.4 is 5.32 Å². The van der Waals surface area contributed by atoms with Gasteiger partial charge in [0.1, 0.15) is 5.82 Å². The van der Waals surface area contributed by atoms with Crippen LogP contribution in [0, 0.1) is 5.82 Å². The van der Waals surface area contributed by atoms with Crippen molar-refractivity contribution in [3.05, 3.63) is 41.8 Å². The van der Waals surface area contributed by atoms with E-state index in [0.29, 0.717) is 25.2 Å². The van der Waals surface area contributed by atoms with Crippen LogP contribution in [0.3, 0.4) is 0 Å². The normalized spacial score (nSPS) is 20.0. The minimum Gasteiger partial charge on any atom is -0.392 e. The summed E-state index contributed by atoms with van der Waals surface area (Å²) in [5.41, 5.74) is 2.40. The van der Waals surface area contributed by atoms with Gasteiger partial charge >= 0.3 is 0 Å². The standard InChI is InChI=1S/C18H23FN4O2/c1-23(18(25)17-10-15(24)11-20-17)7-3-6-14-9-16(22-21-14)12-4-2-5-13(19)8-12/h2,4-5,8-9,15,17,20,24H,3,6-7,10-11H2,1H3,(H,21,22). The number of hydrogen-bond donors (Lipinski definition) is 3. The fraction of sp³-hybridized carbons (Fsp3) is 0.444. The Morgan fingerprint density at radius 1 is 1.44 bits per heavy atom. The summed E-state index contributed by atoms with van der Waals surface area (Å²) in [7, 11) is 1.78. The third-order valence-corrected chi connectivity index (χ3v) is 4.47. The average Bonchev–Trinajstić information content (AvgIpc) is 3.23. The second-order valence-corrected chi connectivity index (χ2v) is 6.50. The van der Waals surface area contributed by atoms with E-state index in [9.17, 15) is 14.3 Å². The molecule has 1 aliphatic rings. The number of carbonyl (C=O) groups is 1. The molecule has 0 aliphatic carbocycles. The van der Waals surface area contributed by atoms with E-state index in [1.807, 2.05) is 12.1 Å². The second kappa shape index (κ2) is 7.76. The van der Waals surface area contributed by atoms with Crippen molar-refractivity contribution in [2.75, 3.05) is 20.1 Å². The van der Waals surface area contributed by atoms with Crippen molar-refractivity contribution in [1.29, 1.82) is 0 Å². The Bertz CT molecular complexity index is 733. The topological polar surface area (TPSA) is 81.2 Å². The first kappa shape index (κ1) is 17.6. The maximum atomic E-state index is 13.3. The van der Waals surface area contributed by atoms with E-state index in [1.165, 1.54) is 12.1 Å². The fourth-order valence-corrected chi connectivity index (χ4v) is 3.07. The first-order chi connectivity index (χ1) is 12.0. The van der Waals surface area contributed by atoms with Crippen LogP contribution in [-0.4, -0.2) is 58.4 Å². The van der Waals surface area contributed by atoms with E-state index >= 15 is 0 Å². The highest BCUT2D eigenvalue weighted by Gasteiger charge is 2.29. The minimum absolute atomic E-state index is 0.0154. The van der Waals surface area contributed by atoms with Crippen molar-refractivity contribution in [1.82, 2.24) is 20.4 Å². The van der Waals surface area contributed by atoms with Crippen LogP contribution >= 0.6 is 0 Å². The minimum atomic E-state index is -0.436. The van der Waals surface area contributed by atoms with Crippen molar-refractivity contribution in [3.63, 3.8) is 0 Å². The lowest BCUT2D eigenvalue weighted by molar-refractivity contribution is -0.131. The van der Waals surface area contributed by atoms with E-state index < -0.39 is 6.10 Å². The molecule has 2 heterocycles. The zero-order chi connectivity index (χ0) is 17.8. The number of amides is 1. The molecule has 2 unspecified atom stereocenters. The fourth-order valence-electron chi connectivity index (χ4n) is 3.07. The number of aromatic nitrogens is 2. The molecule has 134 valence electrons. The highest BCUT2D eigenvalue weighted by molar-refractivity contribution is 5.82. The van der Waals surface area contributed by atoms with Gasteiger partial charge in [0, 0.05) is 31.4 Å². The number of aliphatic hydroxyl groups is 1. The van der Waals surface area contributed by atoms with Crippen LogP contribution in [0.4, 0.5) is 4.39 Å². The van der Waals surface area contributed by atoms with Gasteiger partial charge in [-0.3, -0.25) is 9.89 Å². The Labute approximate surface area is 146 Å². The van der Waals surface area contributed by atoms with Gasteiger partial charge in [0.25, 0.3) is 0 Å². The van der Waals surface area contributed by atoms with Gasteiger partial charge in [-0.1, -0.05) is 12.1 Å². The van der Waals surface area contributed by atoms with E-state index in [0.717, 1.165) is 24.1 Å². The average molecular weight is 346 g/mol. The van der Waals surface area contributed by atoms with Gasteiger partial charge < -0.3 is 15.3 Å². The van der Waals surface area contributed by atoms with Crippen LogP contribution in [0.2, 0.25) is 0 Å². The maximum absolute atomic E-state index is 13.3. The van der Waals surface area contributed by atoms with Gasteiger partial charge in [-0.2, -0.15) is 5.10 Å². The van der Waals surface area contributed by atoms with Gasteiger partial charge in [-0.05, 0) is 37.5 Å². The zero-order valence-electron chi connectivity index (χ0n) is 14.2. The molecule has 6 nitrogen and oxygen atoms in total. The SMILES string of the molecule is CN(CCCc1cc(-c2cccc(F)c2)n[nH]1)C(=O)C1CC(O)CN1. The molecule has 0 radical (unpaired) electrons. The van der Waals surface area contributed by atoms with Gasteiger partial charge in [-0.25, -0.2) is 4.39 Å². The Balaban J connectivity index is 1.48. The Hall–Kier alpha value is -2.25. The molecule has 0 bridgehead atoms. The molecular weight excluding hydrogens is 323 g/mol. The first-order valence-corrected chi connectivity index (χ1v) is 8.49. The summed E-state index contributed by atoms with van der Waals surface area (Å²) in [5.74, 6) is -0.269. The lowest BCUT2D eigenvalue weighted by atomic mass is 10.1. The Morgan fingerprint density at radius 3 is 3.00 bits per heavy atom. The Morgan fingerprint density at radius 2 is 2.28 bits per heavy atom. The summed E-state index contributed by atoms with van der Waals surface area (Å²) >= 11 is 0. The van der Waals surface area contributed by atoms with Crippen molar-refractivity contribution < 1.29 is 14.3 Å². The van der Waals surface area contributed by atoms with E-state index in [-0.39, 0.29) is 17.8 Å². The molecule has 1 aromatic carbocycles. The van der Waals surface area contributed by atoms with Crippen molar-refractivity contribution in [2.45, 2.75) is 31.4 Å². The van der Waals surface area contributed by atoms with Gasteiger partial charge in [0.2, 0.25) is 5.91 Å². The van der Waals surface area contributed by atoms with Crippen LogP contribution in [0.15, 0.2) is 30.3 Å². The Kier molecular flexibility index (Phi) is 5.45. The molecule has 1 saturated heterocycles. The molecule has 1 amide bonds. The summed E-state index contributed by atoms with van der Waals surface area (Å²) < 4.78 is 13.3. The first-order valence-electron chi connectivity index (χ1n) is 8.49. The molecule has 0 spiro atoms. The smallest absolute Gasteiger partial charge is 0.239 e. The van der Waals surface area contributed by atoms with Crippen molar-refractivity contribution >= 4 is 5.91 Å². The highest BCUT2D eigenvalue weighted by Crippen LogP contribution is 2.19. The maximum Gasteiger partial charge on any atom is 0.239 e. The van der Waals surface area contributed by atoms with Crippen molar-refractivity contribution in [2.24, 2.45) is 0 Å². The largest absolute Gasteiger partial charge is 0.392 e. The summed E-state index contributed by atoms with van der Waals surface area (Å²) in [5, 5.41) is 19.7.